The van der Waals surface area contributed by atoms with Gasteiger partial charge in [-0.2, -0.15) is 5.10 Å². The minimum Gasteiger partial charge on any atom is -0.383 e. The van der Waals surface area contributed by atoms with Gasteiger partial charge in [0.1, 0.15) is 17.8 Å². The molecule has 1 amide bonds. The first kappa shape index (κ1) is 25.0. The first-order chi connectivity index (χ1) is 19.4. The summed E-state index contributed by atoms with van der Waals surface area (Å²) in [5, 5.41) is 6.86. The van der Waals surface area contributed by atoms with Crippen molar-refractivity contribution in [3.05, 3.63) is 112 Å². The molecular formula is C30H26N8O2. The molecule has 0 spiro atoms. The maximum Gasteiger partial charge on any atom is 0.263 e. The molecule has 0 aliphatic rings. The Balaban J connectivity index is 1.62. The molecule has 0 saturated heterocycles. The molecule has 0 fully saturated rings. The third kappa shape index (κ3) is 4.07. The van der Waals surface area contributed by atoms with E-state index in [1.165, 1.54) is 6.33 Å². The summed E-state index contributed by atoms with van der Waals surface area (Å²) in [4.78, 5) is 34.6. The Bertz CT molecular complexity index is 2010. The molecule has 0 unspecified atom stereocenters. The quantitative estimate of drug-likeness (QED) is 0.298. The van der Waals surface area contributed by atoms with Crippen molar-refractivity contribution < 1.29 is 4.79 Å². The summed E-state index contributed by atoms with van der Waals surface area (Å²) < 4.78 is 3.39. The second kappa shape index (κ2) is 9.75. The van der Waals surface area contributed by atoms with Gasteiger partial charge in [0.15, 0.2) is 5.65 Å². The number of nitrogens with zero attached hydrogens (tertiary/aromatic N) is 5. The summed E-state index contributed by atoms with van der Waals surface area (Å²) in [5.74, 6) is -0.306. The molecule has 0 aliphatic carbocycles. The zero-order valence-electron chi connectivity index (χ0n) is 21.7. The second-order valence-electron chi connectivity index (χ2n) is 9.56. The average molecular weight is 531 g/mol. The van der Waals surface area contributed by atoms with E-state index in [1.54, 1.807) is 27.4 Å². The average Bonchev–Trinajstić information content (AvgIpc) is 3.33. The Labute approximate surface area is 228 Å². The first-order valence-corrected chi connectivity index (χ1v) is 12.7. The van der Waals surface area contributed by atoms with Crippen molar-refractivity contribution in [1.82, 2.24) is 24.3 Å². The van der Waals surface area contributed by atoms with Crippen molar-refractivity contribution in [1.29, 1.82) is 0 Å². The SMILES string of the molecule is Cc1cccc2cc(Cn3nc(-c4cccc(C(N)=O)c4)c4c(N)ncnc43)n(-c3ccccc3CN)c(=O)c12. The third-order valence-electron chi connectivity index (χ3n) is 7.07. The Morgan fingerprint density at radius 3 is 2.55 bits per heavy atom. The van der Waals surface area contributed by atoms with Gasteiger partial charge in [-0.25, -0.2) is 14.6 Å². The van der Waals surface area contributed by atoms with Gasteiger partial charge >= 0.3 is 0 Å². The minimum absolute atomic E-state index is 0.147. The van der Waals surface area contributed by atoms with Gasteiger partial charge in [-0.1, -0.05) is 48.5 Å². The van der Waals surface area contributed by atoms with Gasteiger partial charge in [-0.15, -0.1) is 0 Å². The summed E-state index contributed by atoms with van der Waals surface area (Å²) in [7, 11) is 0. The number of hydrogen-bond acceptors (Lipinski definition) is 7. The number of primary amides is 1. The first-order valence-electron chi connectivity index (χ1n) is 12.7. The summed E-state index contributed by atoms with van der Waals surface area (Å²) in [6, 6.07) is 22.2. The Hall–Kier alpha value is -5.35. The van der Waals surface area contributed by atoms with E-state index < -0.39 is 5.91 Å². The lowest BCUT2D eigenvalue weighted by Crippen LogP contribution is -2.25. The maximum atomic E-state index is 14.1. The number of fused-ring (bicyclic) bond motifs is 2. The van der Waals surface area contributed by atoms with Gasteiger partial charge in [0.05, 0.1) is 23.0 Å². The Morgan fingerprint density at radius 1 is 0.950 bits per heavy atom. The summed E-state index contributed by atoms with van der Waals surface area (Å²) in [6.07, 6.45) is 1.38. The molecule has 6 aromatic rings. The normalized spacial score (nSPS) is 11.3. The van der Waals surface area contributed by atoms with E-state index in [4.69, 9.17) is 22.3 Å². The molecule has 10 nitrogen and oxygen atoms in total. The second-order valence-corrected chi connectivity index (χ2v) is 9.56. The predicted octanol–water partition coefficient (Wildman–Crippen LogP) is 3.29. The standard InChI is InChI=1S/C30H26N8O2/c1-17-6-4-8-18-13-22(38(30(40)24(17)18)23-11-3-2-7-21(23)14-31)15-37-29-25(27(32)34-16-35-29)26(36-37)19-9-5-10-20(12-19)28(33)39/h2-13,16H,14-15,31H2,1H3,(H2,33,39)(H2,32,34,35). The zero-order valence-corrected chi connectivity index (χ0v) is 21.7. The van der Waals surface area contributed by atoms with Crippen LogP contribution in [0.5, 0.6) is 0 Å². The monoisotopic (exact) mass is 530 g/mol. The highest BCUT2D eigenvalue weighted by Crippen LogP contribution is 2.31. The molecule has 0 bridgehead atoms. The number of nitrogens with two attached hydrogens (primary N) is 3. The van der Waals surface area contributed by atoms with Crippen LogP contribution in [0.15, 0.2) is 83.9 Å². The van der Waals surface area contributed by atoms with Gasteiger partial charge in [-0.05, 0) is 47.7 Å². The van der Waals surface area contributed by atoms with Gasteiger partial charge in [0.25, 0.3) is 5.56 Å². The lowest BCUT2D eigenvalue weighted by Gasteiger charge is -2.18. The number of anilines is 1. The van der Waals surface area contributed by atoms with Crippen molar-refractivity contribution >= 4 is 33.5 Å². The number of aryl methyl sites for hydroxylation is 1. The van der Waals surface area contributed by atoms with E-state index in [1.807, 2.05) is 61.5 Å². The number of amides is 1. The number of rotatable bonds is 6. The van der Waals surface area contributed by atoms with Crippen LogP contribution in [0.1, 0.15) is 27.2 Å². The van der Waals surface area contributed by atoms with E-state index >= 15 is 0 Å². The summed E-state index contributed by atoms with van der Waals surface area (Å²) in [5.41, 5.74) is 22.8. The van der Waals surface area contributed by atoms with E-state index in [0.29, 0.717) is 44.6 Å². The van der Waals surface area contributed by atoms with Crippen LogP contribution in [-0.4, -0.2) is 30.2 Å². The van der Waals surface area contributed by atoms with Crippen LogP contribution in [-0.2, 0) is 13.1 Å². The molecule has 40 heavy (non-hydrogen) atoms. The van der Waals surface area contributed by atoms with E-state index in [9.17, 15) is 9.59 Å². The number of carbonyl (C=O) groups excluding carboxylic acids is 1. The van der Waals surface area contributed by atoms with E-state index in [2.05, 4.69) is 9.97 Å². The number of hydrogen-bond donors (Lipinski definition) is 3. The number of para-hydroxylation sites is 1. The molecule has 3 heterocycles. The van der Waals surface area contributed by atoms with Crippen LogP contribution in [0, 0.1) is 6.92 Å². The molecule has 0 aliphatic heterocycles. The number of nitrogen functional groups attached to an aromatic ring is 1. The number of benzene rings is 3. The van der Waals surface area contributed by atoms with Crippen LogP contribution in [0.25, 0.3) is 38.8 Å². The fourth-order valence-corrected chi connectivity index (χ4v) is 5.19. The molecule has 0 atom stereocenters. The smallest absolute Gasteiger partial charge is 0.263 e. The predicted molar refractivity (Wildman–Crippen MR) is 155 cm³/mol. The molecule has 6 N–H and O–H groups in total. The van der Waals surface area contributed by atoms with Crippen LogP contribution in [0.2, 0.25) is 0 Å². The molecular weight excluding hydrogens is 504 g/mol. The van der Waals surface area contributed by atoms with Crippen molar-refractivity contribution in [3.8, 4) is 16.9 Å². The molecule has 6 rings (SSSR count). The number of pyridine rings is 1. The minimum atomic E-state index is -0.552. The van der Waals surface area contributed by atoms with E-state index in [0.717, 1.165) is 16.5 Å². The van der Waals surface area contributed by atoms with Gasteiger partial charge in [0.2, 0.25) is 5.91 Å². The highest BCUT2D eigenvalue weighted by atomic mass is 16.1. The lowest BCUT2D eigenvalue weighted by atomic mass is 10.0. The number of aromatic nitrogens is 5. The van der Waals surface area contributed by atoms with Crippen molar-refractivity contribution in [2.24, 2.45) is 11.5 Å². The van der Waals surface area contributed by atoms with Crippen LogP contribution < -0.4 is 22.8 Å². The molecule has 3 aromatic carbocycles. The van der Waals surface area contributed by atoms with Crippen LogP contribution >= 0.6 is 0 Å². The van der Waals surface area contributed by atoms with Gasteiger partial charge in [0, 0.05) is 23.4 Å². The van der Waals surface area contributed by atoms with Crippen LogP contribution in [0.4, 0.5) is 5.82 Å². The summed E-state index contributed by atoms with van der Waals surface area (Å²) >= 11 is 0. The topological polar surface area (TPSA) is 161 Å². The molecule has 0 radical (unpaired) electrons. The van der Waals surface area contributed by atoms with Crippen molar-refractivity contribution in [2.45, 2.75) is 20.0 Å². The largest absolute Gasteiger partial charge is 0.383 e. The van der Waals surface area contributed by atoms with Crippen LogP contribution in [0.3, 0.4) is 0 Å². The molecule has 3 aromatic heterocycles. The van der Waals surface area contributed by atoms with Gasteiger partial charge in [-0.3, -0.25) is 14.2 Å². The highest BCUT2D eigenvalue weighted by molar-refractivity contribution is 6.00. The molecule has 198 valence electrons. The summed E-state index contributed by atoms with van der Waals surface area (Å²) in [6.45, 7) is 2.39. The Morgan fingerprint density at radius 2 is 1.75 bits per heavy atom. The van der Waals surface area contributed by atoms with Gasteiger partial charge < -0.3 is 17.2 Å². The maximum absolute atomic E-state index is 14.1. The fourth-order valence-electron chi connectivity index (χ4n) is 5.19. The Kier molecular flexibility index (Phi) is 6.08. The zero-order chi connectivity index (χ0) is 28.0. The van der Waals surface area contributed by atoms with Crippen molar-refractivity contribution in [3.63, 3.8) is 0 Å². The lowest BCUT2D eigenvalue weighted by molar-refractivity contribution is 0.100. The highest BCUT2D eigenvalue weighted by Gasteiger charge is 2.21. The van der Waals surface area contributed by atoms with E-state index in [-0.39, 0.29) is 24.5 Å². The fraction of sp³-hybridized carbons (Fsp3) is 0.100. The van der Waals surface area contributed by atoms with Crippen molar-refractivity contribution in [2.75, 3.05) is 5.73 Å². The molecule has 0 saturated carbocycles. The third-order valence-corrected chi connectivity index (χ3v) is 7.07. The molecule has 10 heteroatoms. The number of carbonyl (C=O) groups is 1.